The number of carbonyl (C=O) groups is 2. The van der Waals surface area contributed by atoms with E-state index in [0.29, 0.717) is 5.56 Å². The smallest absolute Gasteiger partial charge is 0.233 e. The first kappa shape index (κ1) is 8.50. The summed E-state index contributed by atoms with van der Waals surface area (Å²) in [4.78, 5) is 22.3. The summed E-state index contributed by atoms with van der Waals surface area (Å²) in [5.41, 5.74) is 0.553. The van der Waals surface area contributed by atoms with E-state index in [0.717, 1.165) is 12.1 Å². The van der Waals surface area contributed by atoms with Gasteiger partial charge in [-0.05, 0) is 23.8 Å². The molecule has 0 atom stereocenters. The van der Waals surface area contributed by atoms with Gasteiger partial charge in [-0.25, -0.2) is 0 Å². The maximum absolute atomic E-state index is 11.3. The number of fused-ring (bicyclic) bond motifs is 1. The number of rotatable bonds is 0. The van der Waals surface area contributed by atoms with E-state index in [4.69, 9.17) is 10.2 Å². The molecule has 2 rings (SSSR count). The van der Waals surface area contributed by atoms with E-state index in [-0.39, 0.29) is 11.3 Å². The lowest BCUT2D eigenvalue weighted by Crippen LogP contribution is -2.15. The molecule has 0 bridgehead atoms. The molecule has 4 nitrogen and oxygen atoms in total. The second-order valence-electron chi connectivity index (χ2n) is 2.95. The minimum absolute atomic E-state index is 0.118. The zero-order chi connectivity index (χ0) is 10.3. The summed E-state index contributed by atoms with van der Waals surface area (Å²) in [7, 11) is 0. The van der Waals surface area contributed by atoms with Gasteiger partial charge in [0.05, 0.1) is 0 Å². The summed E-state index contributed by atoms with van der Waals surface area (Å²) in [6.07, 6.45) is 2.57. The molecule has 14 heavy (non-hydrogen) atoms. The van der Waals surface area contributed by atoms with Gasteiger partial charge in [-0.1, -0.05) is 6.08 Å². The molecule has 0 heterocycles. The van der Waals surface area contributed by atoms with E-state index in [1.807, 2.05) is 0 Å². The quantitative estimate of drug-likeness (QED) is 0.470. The average molecular weight is 190 g/mol. The van der Waals surface area contributed by atoms with Crippen molar-refractivity contribution in [2.45, 2.75) is 0 Å². The van der Waals surface area contributed by atoms with Gasteiger partial charge < -0.3 is 10.2 Å². The first-order valence-corrected chi connectivity index (χ1v) is 3.92. The normalized spacial score (nSPS) is 14.3. The molecule has 0 fully saturated rings. The lowest BCUT2D eigenvalue weighted by atomic mass is 9.95. The van der Waals surface area contributed by atoms with E-state index in [1.54, 1.807) is 0 Å². The number of hydrogen-bond acceptors (Lipinski definition) is 4. The number of phenolic OH excluding ortho intramolecular Hbond substituents is 2. The first-order chi connectivity index (χ1) is 6.59. The van der Waals surface area contributed by atoms with Crippen LogP contribution in [-0.4, -0.2) is 21.8 Å². The van der Waals surface area contributed by atoms with Crippen molar-refractivity contribution in [2.75, 3.05) is 0 Å². The van der Waals surface area contributed by atoms with Crippen molar-refractivity contribution in [1.29, 1.82) is 0 Å². The number of allylic oxidation sites excluding steroid dienone is 1. The molecule has 0 saturated heterocycles. The van der Waals surface area contributed by atoms with E-state index < -0.39 is 17.3 Å². The van der Waals surface area contributed by atoms with Gasteiger partial charge in [-0.3, -0.25) is 9.59 Å². The maximum atomic E-state index is 11.3. The van der Waals surface area contributed by atoms with Gasteiger partial charge in [-0.2, -0.15) is 0 Å². The number of benzene rings is 1. The van der Waals surface area contributed by atoms with Gasteiger partial charge in [0, 0.05) is 5.56 Å². The summed E-state index contributed by atoms with van der Waals surface area (Å²) in [5, 5.41) is 18.3. The van der Waals surface area contributed by atoms with Crippen molar-refractivity contribution >= 4 is 17.6 Å². The highest BCUT2D eigenvalue weighted by molar-refractivity contribution is 6.50. The third-order valence-electron chi connectivity index (χ3n) is 2.03. The predicted molar refractivity (Wildman–Crippen MR) is 48.1 cm³/mol. The van der Waals surface area contributed by atoms with Gasteiger partial charge >= 0.3 is 0 Å². The number of hydrogen-bond donors (Lipinski definition) is 2. The van der Waals surface area contributed by atoms with Crippen LogP contribution in [0.15, 0.2) is 18.2 Å². The minimum atomic E-state index is -0.669. The molecule has 2 N–H and O–H groups in total. The zero-order valence-electron chi connectivity index (χ0n) is 7.02. The summed E-state index contributed by atoms with van der Waals surface area (Å²) in [5.74, 6) is -2.00. The second kappa shape index (κ2) is 2.70. The molecule has 0 amide bonds. The number of aromatic hydroxyl groups is 2. The molecule has 1 aliphatic carbocycles. The molecular formula is C10H6O4. The van der Waals surface area contributed by atoms with Crippen molar-refractivity contribution in [1.82, 2.24) is 0 Å². The molecule has 0 radical (unpaired) electrons. The topological polar surface area (TPSA) is 74.6 Å². The molecule has 0 saturated carbocycles. The Morgan fingerprint density at radius 3 is 2.29 bits per heavy atom. The molecule has 1 aromatic rings. The highest BCUT2D eigenvalue weighted by Gasteiger charge is 2.22. The Hall–Kier alpha value is -2.10. The van der Waals surface area contributed by atoms with Crippen LogP contribution in [0.2, 0.25) is 0 Å². The highest BCUT2D eigenvalue weighted by Crippen LogP contribution is 2.30. The highest BCUT2D eigenvalue weighted by atomic mass is 16.3. The van der Waals surface area contributed by atoms with Crippen molar-refractivity contribution in [3.63, 3.8) is 0 Å². The second-order valence-corrected chi connectivity index (χ2v) is 2.95. The van der Waals surface area contributed by atoms with E-state index in [1.165, 1.54) is 12.1 Å². The monoisotopic (exact) mass is 190 g/mol. The van der Waals surface area contributed by atoms with Crippen LogP contribution < -0.4 is 0 Å². The lowest BCUT2D eigenvalue weighted by Gasteiger charge is -2.09. The van der Waals surface area contributed by atoms with E-state index in [2.05, 4.69) is 0 Å². The zero-order valence-corrected chi connectivity index (χ0v) is 7.02. The summed E-state index contributed by atoms with van der Waals surface area (Å²) < 4.78 is 0. The number of ketones is 2. The number of Topliss-reactive ketones (excluding diaryl/α,β-unsaturated/α-hetero) is 1. The molecule has 4 heteroatoms. The van der Waals surface area contributed by atoms with Crippen LogP contribution in [0.4, 0.5) is 0 Å². The Balaban J connectivity index is 2.70. The Morgan fingerprint density at radius 1 is 0.929 bits per heavy atom. The largest absolute Gasteiger partial charge is 0.504 e. The van der Waals surface area contributed by atoms with Gasteiger partial charge in [0.25, 0.3) is 0 Å². The number of phenols is 2. The van der Waals surface area contributed by atoms with Gasteiger partial charge in [0.1, 0.15) is 0 Å². The van der Waals surface area contributed by atoms with Crippen molar-refractivity contribution in [3.8, 4) is 11.5 Å². The van der Waals surface area contributed by atoms with E-state index in [9.17, 15) is 9.59 Å². The van der Waals surface area contributed by atoms with Crippen LogP contribution >= 0.6 is 0 Å². The average Bonchev–Trinajstić information content (AvgIpc) is 2.15. The molecule has 70 valence electrons. The Kier molecular flexibility index (Phi) is 1.64. The lowest BCUT2D eigenvalue weighted by molar-refractivity contribution is -0.110. The summed E-state index contributed by atoms with van der Waals surface area (Å²) in [6, 6.07) is 2.33. The van der Waals surface area contributed by atoms with Crippen molar-refractivity contribution in [3.05, 3.63) is 29.3 Å². The van der Waals surface area contributed by atoms with E-state index >= 15 is 0 Å². The molecule has 0 aromatic heterocycles. The molecule has 0 spiro atoms. The maximum Gasteiger partial charge on any atom is 0.233 e. The van der Waals surface area contributed by atoms with Gasteiger partial charge in [0.2, 0.25) is 11.6 Å². The molecular weight excluding hydrogens is 184 g/mol. The summed E-state index contributed by atoms with van der Waals surface area (Å²) in [6.45, 7) is 0. The molecule has 1 aromatic carbocycles. The SMILES string of the molecule is O=C1C=Cc2cc(O)c(O)cc2C1=O. The first-order valence-electron chi connectivity index (χ1n) is 3.92. The fraction of sp³-hybridized carbons (Fsp3) is 0. The van der Waals surface area contributed by atoms with Crippen LogP contribution in [0.25, 0.3) is 6.08 Å². The Labute approximate surface area is 79.1 Å². The summed E-state index contributed by atoms with van der Waals surface area (Å²) >= 11 is 0. The Morgan fingerprint density at radius 2 is 1.57 bits per heavy atom. The van der Waals surface area contributed by atoms with Crippen LogP contribution in [0, 0.1) is 0 Å². The van der Waals surface area contributed by atoms with Crippen LogP contribution in [0.5, 0.6) is 11.5 Å². The fourth-order valence-corrected chi connectivity index (χ4v) is 1.30. The Bertz CT molecular complexity index is 471. The fourth-order valence-electron chi connectivity index (χ4n) is 1.30. The van der Waals surface area contributed by atoms with Crippen molar-refractivity contribution in [2.24, 2.45) is 0 Å². The molecule has 1 aliphatic rings. The third kappa shape index (κ3) is 1.08. The molecule has 0 unspecified atom stereocenters. The number of carbonyl (C=O) groups excluding carboxylic acids is 2. The third-order valence-corrected chi connectivity index (χ3v) is 2.03. The van der Waals surface area contributed by atoms with Crippen molar-refractivity contribution < 1.29 is 19.8 Å². The van der Waals surface area contributed by atoms with Gasteiger partial charge in [0.15, 0.2) is 11.5 Å². The van der Waals surface area contributed by atoms with Crippen LogP contribution in [-0.2, 0) is 4.79 Å². The molecule has 0 aliphatic heterocycles. The van der Waals surface area contributed by atoms with Crippen LogP contribution in [0.3, 0.4) is 0 Å². The van der Waals surface area contributed by atoms with Gasteiger partial charge in [-0.15, -0.1) is 0 Å². The predicted octanol–water partition coefficient (Wildman–Crippen LogP) is 0.876. The van der Waals surface area contributed by atoms with Crippen LogP contribution in [0.1, 0.15) is 15.9 Å². The minimum Gasteiger partial charge on any atom is -0.504 e. The standard InChI is InChI=1S/C10H6O4/c11-7-2-1-5-3-8(12)9(13)4-6(5)10(7)14/h1-4,12-13H.